The minimum atomic E-state index is -0.0750. The van der Waals surface area contributed by atoms with Gasteiger partial charge in [0, 0.05) is 44.3 Å². The van der Waals surface area contributed by atoms with Gasteiger partial charge >= 0.3 is 0 Å². The molecule has 0 spiro atoms. The quantitative estimate of drug-likeness (QED) is 0.780. The fourth-order valence-corrected chi connectivity index (χ4v) is 2.88. The van der Waals surface area contributed by atoms with Crippen LogP contribution in [0.4, 0.5) is 5.69 Å². The van der Waals surface area contributed by atoms with E-state index in [9.17, 15) is 9.59 Å². The number of pyridine rings is 1. The highest BCUT2D eigenvalue weighted by Crippen LogP contribution is 2.19. The van der Waals surface area contributed by atoms with E-state index in [0.717, 1.165) is 18.8 Å². The van der Waals surface area contributed by atoms with Crippen molar-refractivity contribution in [1.29, 1.82) is 0 Å². The summed E-state index contributed by atoms with van der Waals surface area (Å²) in [4.78, 5) is 32.0. The summed E-state index contributed by atoms with van der Waals surface area (Å²) in [5, 5.41) is 0. The number of para-hydroxylation sites is 1. The van der Waals surface area contributed by atoms with E-state index >= 15 is 0 Å². The fraction of sp³-hybridized carbons (Fsp3) is 0.316. The highest BCUT2D eigenvalue weighted by Gasteiger charge is 2.22. The molecule has 1 amide bonds. The number of nitrogens with zero attached hydrogens (tertiary/aromatic N) is 3. The van der Waals surface area contributed by atoms with Crippen molar-refractivity contribution in [2.75, 3.05) is 37.7 Å². The molecule has 2 heterocycles. The summed E-state index contributed by atoms with van der Waals surface area (Å²) in [5.74, 6) is 0.320. The van der Waals surface area contributed by atoms with Gasteiger partial charge in [-0.15, -0.1) is 0 Å². The molecule has 2 aromatic rings. The van der Waals surface area contributed by atoms with Gasteiger partial charge in [-0.1, -0.05) is 12.1 Å². The maximum absolute atomic E-state index is 12.4. The molecule has 0 bridgehead atoms. The first-order valence-corrected chi connectivity index (χ1v) is 8.30. The van der Waals surface area contributed by atoms with Crippen molar-refractivity contribution < 1.29 is 14.3 Å². The molecule has 0 N–H and O–H groups in total. The van der Waals surface area contributed by atoms with Crippen molar-refractivity contribution in [2.24, 2.45) is 0 Å². The molecule has 1 aliphatic rings. The third kappa shape index (κ3) is 4.15. The molecule has 1 saturated heterocycles. The number of aromatic nitrogens is 1. The van der Waals surface area contributed by atoms with Gasteiger partial charge in [0.25, 0.3) is 5.91 Å². The first kappa shape index (κ1) is 17.0. The Morgan fingerprint density at radius 2 is 1.72 bits per heavy atom. The summed E-state index contributed by atoms with van der Waals surface area (Å²) in [5.41, 5.74) is 1.62. The molecule has 1 aliphatic heterocycles. The minimum absolute atomic E-state index is 0.0560. The number of carbonyl (C=O) groups excluding carboxylic acids is 2. The minimum Gasteiger partial charge on any atom is -0.483 e. The first-order chi connectivity index (χ1) is 12.1. The number of benzene rings is 1. The van der Waals surface area contributed by atoms with E-state index in [1.807, 2.05) is 12.1 Å². The second-order valence-electron chi connectivity index (χ2n) is 5.91. The van der Waals surface area contributed by atoms with E-state index < -0.39 is 0 Å². The maximum Gasteiger partial charge on any atom is 0.260 e. The molecule has 1 aromatic carbocycles. The Hall–Kier alpha value is -2.89. The summed E-state index contributed by atoms with van der Waals surface area (Å²) < 4.78 is 5.59. The van der Waals surface area contributed by atoms with Gasteiger partial charge < -0.3 is 14.5 Å². The Morgan fingerprint density at radius 1 is 1.04 bits per heavy atom. The van der Waals surface area contributed by atoms with E-state index in [2.05, 4.69) is 9.88 Å². The molecule has 0 radical (unpaired) electrons. The number of anilines is 1. The van der Waals surface area contributed by atoms with Crippen LogP contribution < -0.4 is 9.64 Å². The summed E-state index contributed by atoms with van der Waals surface area (Å²) in [7, 11) is 0. The molecule has 25 heavy (non-hydrogen) atoms. The van der Waals surface area contributed by atoms with Crippen LogP contribution in [0.5, 0.6) is 5.75 Å². The molecule has 3 rings (SSSR count). The van der Waals surface area contributed by atoms with Gasteiger partial charge in [-0.3, -0.25) is 14.6 Å². The van der Waals surface area contributed by atoms with Crippen molar-refractivity contribution in [3.05, 3.63) is 54.4 Å². The number of Topliss-reactive ketones (excluding diaryl/α,β-unsaturated/α-hetero) is 1. The van der Waals surface area contributed by atoms with Crippen molar-refractivity contribution >= 4 is 17.4 Å². The predicted octanol–water partition coefficient (Wildman–Crippen LogP) is 2.01. The van der Waals surface area contributed by atoms with Gasteiger partial charge in [0.15, 0.2) is 12.4 Å². The lowest BCUT2D eigenvalue weighted by Gasteiger charge is -2.36. The molecule has 6 nitrogen and oxygen atoms in total. The number of rotatable bonds is 5. The number of ether oxygens (including phenoxy) is 1. The molecule has 0 unspecified atom stereocenters. The molecule has 1 aromatic heterocycles. The van der Waals surface area contributed by atoms with Crippen LogP contribution in [-0.4, -0.2) is 54.4 Å². The second kappa shape index (κ2) is 7.79. The number of carbonyl (C=O) groups is 2. The van der Waals surface area contributed by atoms with Crippen LogP contribution >= 0.6 is 0 Å². The summed E-state index contributed by atoms with van der Waals surface area (Å²) in [6, 6.07) is 10.9. The van der Waals surface area contributed by atoms with Crippen molar-refractivity contribution in [3.63, 3.8) is 0 Å². The lowest BCUT2D eigenvalue weighted by molar-refractivity contribution is -0.133. The van der Waals surface area contributed by atoms with Crippen LogP contribution in [0.15, 0.2) is 48.8 Å². The fourth-order valence-electron chi connectivity index (χ4n) is 2.88. The number of hydrogen-bond donors (Lipinski definition) is 0. The molecule has 0 atom stereocenters. The average molecular weight is 339 g/mol. The molecule has 130 valence electrons. The zero-order chi connectivity index (χ0) is 17.6. The summed E-state index contributed by atoms with van der Waals surface area (Å²) in [6.45, 7) is 4.29. The van der Waals surface area contributed by atoms with Crippen LogP contribution in [0, 0.1) is 0 Å². The highest BCUT2D eigenvalue weighted by molar-refractivity contribution is 5.96. The number of ketones is 1. The van der Waals surface area contributed by atoms with Crippen LogP contribution in [0.3, 0.4) is 0 Å². The third-order valence-electron chi connectivity index (χ3n) is 4.28. The van der Waals surface area contributed by atoms with Crippen LogP contribution in [-0.2, 0) is 4.79 Å². The molecule has 0 saturated carbocycles. The highest BCUT2D eigenvalue weighted by atomic mass is 16.5. The van der Waals surface area contributed by atoms with Crippen LogP contribution in [0.2, 0.25) is 0 Å². The van der Waals surface area contributed by atoms with E-state index in [0.29, 0.717) is 24.4 Å². The van der Waals surface area contributed by atoms with Gasteiger partial charge in [-0.25, -0.2) is 0 Å². The van der Waals surface area contributed by atoms with E-state index in [1.165, 1.54) is 6.92 Å². The van der Waals surface area contributed by atoms with Gasteiger partial charge in [0.05, 0.1) is 5.56 Å². The van der Waals surface area contributed by atoms with E-state index in [1.54, 1.807) is 41.6 Å². The van der Waals surface area contributed by atoms with Gasteiger partial charge in [0.2, 0.25) is 0 Å². The Labute approximate surface area is 147 Å². The molecule has 6 heteroatoms. The Morgan fingerprint density at radius 3 is 2.40 bits per heavy atom. The van der Waals surface area contributed by atoms with E-state index in [-0.39, 0.29) is 18.3 Å². The van der Waals surface area contributed by atoms with Crippen molar-refractivity contribution in [1.82, 2.24) is 9.88 Å². The lowest BCUT2D eigenvalue weighted by atomic mass is 10.1. The van der Waals surface area contributed by atoms with Gasteiger partial charge in [-0.05, 0) is 31.2 Å². The topological polar surface area (TPSA) is 62.7 Å². The predicted molar refractivity (Wildman–Crippen MR) is 95.0 cm³/mol. The monoisotopic (exact) mass is 339 g/mol. The Balaban J connectivity index is 1.53. The second-order valence-corrected chi connectivity index (χ2v) is 5.91. The number of piperazine rings is 1. The number of hydrogen-bond acceptors (Lipinski definition) is 5. The summed E-state index contributed by atoms with van der Waals surface area (Å²) >= 11 is 0. The third-order valence-corrected chi connectivity index (χ3v) is 4.28. The maximum atomic E-state index is 12.4. The molecular formula is C19H21N3O3. The normalized spacial score (nSPS) is 14.3. The van der Waals surface area contributed by atoms with Gasteiger partial charge in [-0.2, -0.15) is 0 Å². The smallest absolute Gasteiger partial charge is 0.260 e. The molecule has 0 aliphatic carbocycles. The largest absolute Gasteiger partial charge is 0.483 e. The van der Waals surface area contributed by atoms with Gasteiger partial charge in [0.1, 0.15) is 5.75 Å². The molecular weight excluding hydrogens is 318 g/mol. The zero-order valence-corrected chi connectivity index (χ0v) is 14.2. The lowest BCUT2D eigenvalue weighted by Crippen LogP contribution is -2.50. The first-order valence-electron chi connectivity index (χ1n) is 8.30. The standard InChI is InChI=1S/C19H21N3O3/c1-15(23)17-4-2-3-5-18(17)25-14-19(24)22-12-10-21(11-13-22)16-6-8-20-9-7-16/h2-9H,10-14H2,1H3. The average Bonchev–Trinajstić information content (AvgIpc) is 2.67. The number of amides is 1. The SMILES string of the molecule is CC(=O)c1ccccc1OCC(=O)N1CCN(c2ccncc2)CC1. The summed E-state index contributed by atoms with van der Waals surface area (Å²) in [6.07, 6.45) is 3.54. The Kier molecular flexibility index (Phi) is 5.28. The molecule has 1 fully saturated rings. The Bertz CT molecular complexity index is 741. The van der Waals surface area contributed by atoms with E-state index in [4.69, 9.17) is 4.74 Å². The van der Waals surface area contributed by atoms with Crippen molar-refractivity contribution in [2.45, 2.75) is 6.92 Å². The van der Waals surface area contributed by atoms with Crippen LogP contribution in [0.1, 0.15) is 17.3 Å². The van der Waals surface area contributed by atoms with Crippen LogP contribution in [0.25, 0.3) is 0 Å². The zero-order valence-electron chi connectivity index (χ0n) is 14.2. The van der Waals surface area contributed by atoms with Crippen molar-refractivity contribution in [3.8, 4) is 5.75 Å².